The summed E-state index contributed by atoms with van der Waals surface area (Å²) in [5, 5.41) is 3.45. The van der Waals surface area contributed by atoms with Crippen LogP contribution in [0.4, 0.5) is 11.6 Å². The Kier molecular flexibility index (Phi) is 3.47. The highest BCUT2D eigenvalue weighted by atomic mass is 15.3. The number of aromatic nitrogens is 2. The molecule has 1 heterocycles. The summed E-state index contributed by atoms with van der Waals surface area (Å²) in [6.07, 6.45) is 3.97. The maximum atomic E-state index is 5.44. The molecule has 1 aromatic heterocycles. The van der Waals surface area contributed by atoms with Crippen molar-refractivity contribution in [2.45, 2.75) is 46.1 Å². The molecule has 4 N–H and O–H groups in total. The monoisotopic (exact) mass is 235 g/mol. The molecule has 17 heavy (non-hydrogen) atoms. The number of aryl methyl sites for hydroxylation is 1. The van der Waals surface area contributed by atoms with Gasteiger partial charge in [-0.15, -0.1) is 0 Å². The lowest BCUT2D eigenvalue weighted by atomic mass is 10.1. The van der Waals surface area contributed by atoms with E-state index in [4.69, 9.17) is 5.84 Å². The minimum atomic E-state index is 0.445. The van der Waals surface area contributed by atoms with E-state index in [9.17, 15) is 0 Å². The maximum absolute atomic E-state index is 5.44. The van der Waals surface area contributed by atoms with E-state index in [0.29, 0.717) is 11.9 Å². The van der Waals surface area contributed by atoms with Crippen LogP contribution >= 0.6 is 0 Å². The van der Waals surface area contributed by atoms with Gasteiger partial charge in [0.15, 0.2) is 0 Å². The highest BCUT2D eigenvalue weighted by Gasteiger charge is 2.24. The van der Waals surface area contributed by atoms with Crippen LogP contribution in [0.1, 0.15) is 37.6 Å². The van der Waals surface area contributed by atoms with Crippen molar-refractivity contribution >= 4 is 11.6 Å². The van der Waals surface area contributed by atoms with Gasteiger partial charge < -0.3 is 10.7 Å². The van der Waals surface area contributed by atoms with Crippen molar-refractivity contribution in [3.05, 3.63) is 11.4 Å². The van der Waals surface area contributed by atoms with Gasteiger partial charge in [-0.3, -0.25) is 0 Å². The third-order valence-electron chi connectivity index (χ3n) is 3.16. The molecular weight excluding hydrogens is 214 g/mol. The Labute approximate surface area is 102 Å². The molecule has 0 aromatic carbocycles. The fraction of sp³-hybridized carbons (Fsp3) is 0.667. The van der Waals surface area contributed by atoms with Gasteiger partial charge >= 0.3 is 0 Å². The second-order valence-electron chi connectivity index (χ2n) is 4.96. The lowest BCUT2D eigenvalue weighted by Gasteiger charge is -2.17. The number of hydrazine groups is 1. The van der Waals surface area contributed by atoms with Crippen molar-refractivity contribution in [1.82, 2.24) is 9.97 Å². The molecule has 1 unspecified atom stereocenters. The average Bonchev–Trinajstić information content (AvgIpc) is 3.06. The lowest BCUT2D eigenvalue weighted by Crippen LogP contribution is -2.20. The quantitative estimate of drug-likeness (QED) is 0.537. The molecule has 1 saturated carbocycles. The van der Waals surface area contributed by atoms with E-state index < -0.39 is 0 Å². The van der Waals surface area contributed by atoms with Crippen LogP contribution in [0.15, 0.2) is 0 Å². The van der Waals surface area contributed by atoms with E-state index in [1.165, 1.54) is 19.3 Å². The standard InChI is InChI=1S/C12H21N5/c1-7(6-10-4-5-10)14-11-8(2)12(17-13)16-9(3)15-11/h7,10H,4-6,13H2,1-3H3,(H2,14,15,16,17). The van der Waals surface area contributed by atoms with E-state index in [-0.39, 0.29) is 0 Å². The van der Waals surface area contributed by atoms with Crippen LogP contribution in [0.5, 0.6) is 0 Å². The number of nitrogen functional groups attached to an aromatic ring is 1. The highest BCUT2D eigenvalue weighted by molar-refractivity contribution is 5.56. The smallest absolute Gasteiger partial charge is 0.148 e. The van der Waals surface area contributed by atoms with Gasteiger partial charge in [-0.05, 0) is 33.1 Å². The Balaban J connectivity index is 2.10. The number of hydrogen-bond acceptors (Lipinski definition) is 5. The third kappa shape index (κ3) is 3.06. The predicted molar refractivity (Wildman–Crippen MR) is 69.7 cm³/mol. The summed E-state index contributed by atoms with van der Waals surface area (Å²) in [7, 11) is 0. The summed E-state index contributed by atoms with van der Waals surface area (Å²) < 4.78 is 0. The van der Waals surface area contributed by atoms with Crippen molar-refractivity contribution < 1.29 is 0 Å². The average molecular weight is 235 g/mol. The zero-order valence-corrected chi connectivity index (χ0v) is 10.7. The Morgan fingerprint density at radius 2 is 1.94 bits per heavy atom. The highest BCUT2D eigenvalue weighted by Crippen LogP contribution is 2.34. The van der Waals surface area contributed by atoms with Crippen LogP contribution < -0.4 is 16.6 Å². The van der Waals surface area contributed by atoms with E-state index >= 15 is 0 Å². The van der Waals surface area contributed by atoms with Gasteiger partial charge in [0.2, 0.25) is 0 Å². The molecule has 5 nitrogen and oxygen atoms in total. The molecule has 0 radical (unpaired) electrons. The molecule has 0 aliphatic heterocycles. The summed E-state index contributed by atoms with van der Waals surface area (Å²) in [5.41, 5.74) is 3.58. The first-order valence-electron chi connectivity index (χ1n) is 6.18. The van der Waals surface area contributed by atoms with Gasteiger partial charge in [0, 0.05) is 11.6 Å². The van der Waals surface area contributed by atoms with Crippen LogP contribution in [0.2, 0.25) is 0 Å². The van der Waals surface area contributed by atoms with Crippen molar-refractivity contribution in [2.24, 2.45) is 11.8 Å². The molecule has 94 valence electrons. The van der Waals surface area contributed by atoms with Crippen LogP contribution in [-0.4, -0.2) is 16.0 Å². The van der Waals surface area contributed by atoms with Gasteiger partial charge in [0.1, 0.15) is 17.5 Å². The number of hydrogen-bond donors (Lipinski definition) is 3. The summed E-state index contributed by atoms with van der Waals surface area (Å²) >= 11 is 0. The first-order chi connectivity index (χ1) is 8.10. The van der Waals surface area contributed by atoms with Crippen molar-refractivity contribution in [3.63, 3.8) is 0 Å². The molecule has 1 aliphatic carbocycles. The number of rotatable bonds is 5. The van der Waals surface area contributed by atoms with Gasteiger partial charge in [0.25, 0.3) is 0 Å². The summed E-state index contributed by atoms with van der Waals surface area (Å²) in [5.74, 6) is 8.66. The SMILES string of the molecule is Cc1nc(NN)c(C)c(NC(C)CC2CC2)n1. The predicted octanol–water partition coefficient (Wildman–Crippen LogP) is 1.98. The molecule has 0 bridgehead atoms. The summed E-state index contributed by atoms with van der Waals surface area (Å²) in [6.45, 7) is 6.04. The summed E-state index contributed by atoms with van der Waals surface area (Å²) in [4.78, 5) is 8.68. The maximum Gasteiger partial charge on any atom is 0.148 e. The number of anilines is 2. The Morgan fingerprint density at radius 3 is 2.53 bits per heavy atom. The molecule has 0 amide bonds. The molecule has 0 saturated heterocycles. The Morgan fingerprint density at radius 1 is 1.29 bits per heavy atom. The largest absolute Gasteiger partial charge is 0.367 e. The van der Waals surface area contributed by atoms with Crippen molar-refractivity contribution in [2.75, 3.05) is 10.7 Å². The third-order valence-corrected chi connectivity index (χ3v) is 3.16. The first kappa shape index (κ1) is 12.1. The second kappa shape index (κ2) is 4.87. The van der Waals surface area contributed by atoms with Gasteiger partial charge in [-0.2, -0.15) is 0 Å². The van der Waals surface area contributed by atoms with E-state index in [1.807, 2.05) is 13.8 Å². The van der Waals surface area contributed by atoms with Crippen LogP contribution in [-0.2, 0) is 0 Å². The van der Waals surface area contributed by atoms with Crippen molar-refractivity contribution in [3.8, 4) is 0 Å². The summed E-state index contributed by atoms with van der Waals surface area (Å²) in [6, 6.07) is 0.445. The number of nitrogens with one attached hydrogen (secondary N) is 2. The van der Waals surface area contributed by atoms with E-state index in [1.54, 1.807) is 0 Å². The fourth-order valence-electron chi connectivity index (χ4n) is 2.06. The van der Waals surface area contributed by atoms with Gasteiger partial charge in [0.05, 0.1) is 0 Å². The van der Waals surface area contributed by atoms with Crippen LogP contribution in [0.3, 0.4) is 0 Å². The Bertz CT molecular complexity index is 400. The molecule has 1 atom stereocenters. The molecule has 5 heteroatoms. The Hall–Kier alpha value is -1.36. The molecule has 0 spiro atoms. The minimum absolute atomic E-state index is 0.445. The number of nitrogens with zero attached hydrogens (tertiary/aromatic N) is 2. The number of nitrogens with two attached hydrogens (primary N) is 1. The molecular formula is C12H21N5. The zero-order valence-electron chi connectivity index (χ0n) is 10.7. The molecule has 2 rings (SSSR count). The lowest BCUT2D eigenvalue weighted by molar-refractivity contribution is 0.639. The molecule has 1 aliphatic rings. The molecule has 1 fully saturated rings. The fourth-order valence-corrected chi connectivity index (χ4v) is 2.06. The van der Waals surface area contributed by atoms with Crippen LogP contribution in [0.25, 0.3) is 0 Å². The van der Waals surface area contributed by atoms with Gasteiger partial charge in [-0.1, -0.05) is 12.8 Å². The second-order valence-corrected chi connectivity index (χ2v) is 4.96. The topological polar surface area (TPSA) is 75.9 Å². The van der Waals surface area contributed by atoms with E-state index in [0.717, 1.165) is 23.1 Å². The van der Waals surface area contributed by atoms with Crippen molar-refractivity contribution in [1.29, 1.82) is 0 Å². The zero-order chi connectivity index (χ0) is 12.4. The van der Waals surface area contributed by atoms with E-state index in [2.05, 4.69) is 27.6 Å². The van der Waals surface area contributed by atoms with Crippen LogP contribution in [0, 0.1) is 19.8 Å². The van der Waals surface area contributed by atoms with Gasteiger partial charge in [-0.25, -0.2) is 15.8 Å². The normalized spacial score (nSPS) is 16.7. The molecule has 1 aromatic rings. The first-order valence-corrected chi connectivity index (χ1v) is 6.18. The minimum Gasteiger partial charge on any atom is -0.367 e.